The first-order valence-corrected chi connectivity index (χ1v) is 10.6. The largest absolute Gasteiger partial charge is 0.349 e. The number of carbonyl (C=O) groups excluding carboxylic acids is 1. The van der Waals surface area contributed by atoms with Crippen LogP contribution in [0.15, 0.2) is 54.0 Å². The van der Waals surface area contributed by atoms with Crippen LogP contribution in [0.2, 0.25) is 0 Å². The Morgan fingerprint density at radius 1 is 1.18 bits per heavy atom. The number of hydrogen-bond acceptors (Lipinski definition) is 5. The van der Waals surface area contributed by atoms with Crippen LogP contribution in [0.1, 0.15) is 29.6 Å². The van der Waals surface area contributed by atoms with Gasteiger partial charge in [-0.3, -0.25) is 15.6 Å². The molecule has 28 heavy (non-hydrogen) atoms. The van der Waals surface area contributed by atoms with Gasteiger partial charge >= 0.3 is 0 Å². The van der Waals surface area contributed by atoms with Crippen molar-refractivity contribution in [2.24, 2.45) is 5.92 Å². The Kier molecular flexibility index (Phi) is 4.72. The van der Waals surface area contributed by atoms with Crippen molar-refractivity contribution in [2.45, 2.75) is 31.3 Å². The van der Waals surface area contributed by atoms with Crippen molar-refractivity contribution in [3.63, 3.8) is 0 Å². The highest BCUT2D eigenvalue weighted by atomic mass is 32.1. The number of nitrogens with one attached hydrogen (secondary N) is 3. The molecule has 3 heterocycles. The van der Waals surface area contributed by atoms with Gasteiger partial charge in [0.15, 0.2) is 0 Å². The highest BCUT2D eigenvalue weighted by Gasteiger charge is 2.34. The van der Waals surface area contributed by atoms with Crippen LogP contribution < -0.4 is 16.2 Å². The van der Waals surface area contributed by atoms with E-state index in [1.54, 1.807) is 16.0 Å². The number of thiophene rings is 1. The molecule has 1 aliphatic heterocycles. The molecule has 1 aliphatic carbocycles. The van der Waals surface area contributed by atoms with Crippen molar-refractivity contribution >= 4 is 17.2 Å². The molecule has 3 unspecified atom stereocenters. The molecule has 0 spiro atoms. The fourth-order valence-corrected chi connectivity index (χ4v) is 4.97. The van der Waals surface area contributed by atoms with E-state index in [2.05, 4.69) is 16.2 Å². The third kappa shape index (κ3) is 3.37. The van der Waals surface area contributed by atoms with Gasteiger partial charge in [-0.2, -0.15) is 5.10 Å². The molecule has 0 radical (unpaired) electrons. The van der Waals surface area contributed by atoms with Crippen molar-refractivity contribution in [1.82, 2.24) is 25.9 Å². The van der Waals surface area contributed by atoms with Gasteiger partial charge in [0.2, 0.25) is 0 Å². The van der Waals surface area contributed by atoms with Gasteiger partial charge in [-0.25, -0.2) is 4.68 Å². The Morgan fingerprint density at radius 3 is 2.89 bits per heavy atom. The molecular weight excluding hydrogens is 370 g/mol. The van der Waals surface area contributed by atoms with E-state index in [9.17, 15) is 4.79 Å². The summed E-state index contributed by atoms with van der Waals surface area (Å²) in [6, 6.07) is 14.7. The van der Waals surface area contributed by atoms with E-state index in [1.807, 2.05) is 54.0 Å². The van der Waals surface area contributed by atoms with Gasteiger partial charge < -0.3 is 5.32 Å². The number of benzene rings is 1. The number of carbonyl (C=O) groups is 1. The van der Waals surface area contributed by atoms with Gasteiger partial charge in [0.25, 0.3) is 5.91 Å². The van der Waals surface area contributed by atoms with Crippen LogP contribution in [0, 0.1) is 5.92 Å². The Balaban J connectivity index is 1.41. The van der Waals surface area contributed by atoms with Gasteiger partial charge in [-0.15, -0.1) is 11.3 Å². The summed E-state index contributed by atoms with van der Waals surface area (Å²) in [6.45, 7) is 0.976. The van der Waals surface area contributed by atoms with Crippen molar-refractivity contribution in [2.75, 3.05) is 6.54 Å². The van der Waals surface area contributed by atoms with Gasteiger partial charge in [0.1, 0.15) is 5.69 Å². The van der Waals surface area contributed by atoms with Crippen molar-refractivity contribution in [1.29, 1.82) is 0 Å². The summed E-state index contributed by atoms with van der Waals surface area (Å²) in [5.41, 5.74) is 8.91. The van der Waals surface area contributed by atoms with E-state index < -0.39 is 0 Å². The van der Waals surface area contributed by atoms with Crippen LogP contribution in [0.4, 0.5) is 0 Å². The molecule has 3 atom stereocenters. The molecule has 1 amide bonds. The zero-order valence-corrected chi connectivity index (χ0v) is 16.3. The molecule has 1 aromatic carbocycles. The summed E-state index contributed by atoms with van der Waals surface area (Å²) < 4.78 is 1.80. The van der Waals surface area contributed by atoms with Crippen LogP contribution in [-0.4, -0.2) is 34.3 Å². The zero-order chi connectivity index (χ0) is 18.9. The maximum Gasteiger partial charge on any atom is 0.255 e. The summed E-state index contributed by atoms with van der Waals surface area (Å²) in [4.78, 5) is 14.2. The predicted molar refractivity (Wildman–Crippen MR) is 110 cm³/mol. The number of aromatic nitrogens is 2. The average molecular weight is 394 g/mol. The van der Waals surface area contributed by atoms with Gasteiger partial charge in [0.05, 0.1) is 16.1 Å². The molecule has 2 aromatic heterocycles. The van der Waals surface area contributed by atoms with Gasteiger partial charge in [0, 0.05) is 24.8 Å². The standard InChI is InChI=1S/C21H23N5OS/c27-21(23-15-8-9-18-14(11-15)12-22-24-18)17-13-26(16-5-2-1-3-6-16)25-20(17)19-7-4-10-28-19/h1-7,10,13-15,18,22,24H,8-9,11-12H2,(H,23,27). The zero-order valence-electron chi connectivity index (χ0n) is 15.5. The summed E-state index contributed by atoms with van der Waals surface area (Å²) in [7, 11) is 0. The molecule has 3 N–H and O–H groups in total. The van der Waals surface area contributed by atoms with Crippen LogP contribution in [0.3, 0.4) is 0 Å². The summed E-state index contributed by atoms with van der Waals surface area (Å²) >= 11 is 1.60. The minimum absolute atomic E-state index is 0.0343. The molecule has 0 bridgehead atoms. The maximum atomic E-state index is 13.2. The van der Waals surface area contributed by atoms with Crippen LogP contribution in [0.25, 0.3) is 16.3 Å². The number of para-hydroxylation sites is 1. The molecule has 3 aromatic rings. The van der Waals surface area contributed by atoms with E-state index in [0.29, 0.717) is 17.5 Å². The van der Waals surface area contributed by atoms with Crippen LogP contribution in [-0.2, 0) is 0 Å². The third-order valence-corrected chi connectivity index (χ3v) is 6.58. The molecule has 7 heteroatoms. The molecule has 6 nitrogen and oxygen atoms in total. The lowest BCUT2D eigenvalue weighted by Crippen LogP contribution is -2.44. The fourth-order valence-electron chi connectivity index (χ4n) is 4.24. The number of rotatable bonds is 4. The lowest BCUT2D eigenvalue weighted by molar-refractivity contribution is 0.0919. The lowest BCUT2D eigenvalue weighted by Gasteiger charge is -2.31. The second kappa shape index (κ2) is 7.50. The Morgan fingerprint density at radius 2 is 2.07 bits per heavy atom. The normalized spacial score (nSPS) is 24.1. The van der Waals surface area contributed by atoms with Crippen LogP contribution in [0.5, 0.6) is 0 Å². The first kappa shape index (κ1) is 17.6. The van der Waals surface area contributed by atoms with Crippen molar-refractivity contribution in [3.05, 3.63) is 59.6 Å². The third-order valence-electron chi connectivity index (χ3n) is 5.70. The first-order valence-electron chi connectivity index (χ1n) is 9.76. The topological polar surface area (TPSA) is 71.0 Å². The fraction of sp³-hybridized carbons (Fsp3) is 0.333. The summed E-state index contributed by atoms with van der Waals surface area (Å²) in [5, 5.41) is 10.0. The lowest BCUT2D eigenvalue weighted by atomic mass is 9.83. The molecular formula is C21H23N5OS. The molecule has 5 rings (SSSR count). The molecule has 1 saturated carbocycles. The second-order valence-electron chi connectivity index (χ2n) is 7.52. The smallest absolute Gasteiger partial charge is 0.255 e. The monoisotopic (exact) mass is 393 g/mol. The van der Waals surface area contributed by atoms with E-state index >= 15 is 0 Å². The number of nitrogens with zero attached hydrogens (tertiary/aromatic N) is 2. The van der Waals surface area contributed by atoms with E-state index in [1.165, 1.54) is 0 Å². The average Bonchev–Trinajstić information content (AvgIpc) is 3.47. The Hall–Kier alpha value is -2.48. The Bertz CT molecular complexity index is 953. The SMILES string of the molecule is O=C(NC1CCC2NNCC2C1)c1cn(-c2ccccc2)nc1-c1cccs1. The number of hydrogen-bond donors (Lipinski definition) is 3. The van der Waals surface area contributed by atoms with Crippen molar-refractivity contribution < 1.29 is 4.79 Å². The maximum absolute atomic E-state index is 13.2. The second-order valence-corrected chi connectivity index (χ2v) is 8.47. The molecule has 144 valence electrons. The number of fused-ring (bicyclic) bond motifs is 1. The van der Waals surface area contributed by atoms with Crippen molar-refractivity contribution in [3.8, 4) is 16.3 Å². The highest BCUT2D eigenvalue weighted by molar-refractivity contribution is 7.13. The van der Waals surface area contributed by atoms with Gasteiger partial charge in [-0.05, 0) is 48.8 Å². The molecule has 1 saturated heterocycles. The predicted octanol–water partition coefficient (Wildman–Crippen LogP) is 2.98. The molecule has 2 fully saturated rings. The molecule has 2 aliphatic rings. The summed E-state index contributed by atoms with van der Waals surface area (Å²) in [6.07, 6.45) is 4.95. The van der Waals surface area contributed by atoms with Crippen LogP contribution >= 0.6 is 11.3 Å². The first-order chi connectivity index (χ1) is 13.8. The highest BCUT2D eigenvalue weighted by Crippen LogP contribution is 2.30. The quantitative estimate of drug-likeness (QED) is 0.637. The summed E-state index contributed by atoms with van der Waals surface area (Å²) in [5.74, 6) is 0.552. The Labute approximate surface area is 167 Å². The minimum Gasteiger partial charge on any atom is -0.349 e. The minimum atomic E-state index is -0.0343. The number of hydrazine groups is 1. The van der Waals surface area contributed by atoms with E-state index in [4.69, 9.17) is 5.10 Å². The number of amides is 1. The van der Waals surface area contributed by atoms with Gasteiger partial charge in [-0.1, -0.05) is 24.3 Å². The van der Waals surface area contributed by atoms with E-state index in [-0.39, 0.29) is 11.9 Å². The van der Waals surface area contributed by atoms with E-state index in [0.717, 1.165) is 42.1 Å².